The highest BCUT2D eigenvalue weighted by Crippen LogP contribution is 2.14. The third-order valence-corrected chi connectivity index (χ3v) is 3.59. The molecule has 3 N–H and O–H groups in total. The van der Waals surface area contributed by atoms with E-state index in [0.29, 0.717) is 19.0 Å². The van der Waals surface area contributed by atoms with Crippen molar-refractivity contribution in [3.63, 3.8) is 0 Å². The summed E-state index contributed by atoms with van der Waals surface area (Å²) in [4.78, 5) is 24.6. The quantitative estimate of drug-likeness (QED) is 0.674. The molecule has 1 saturated heterocycles. The fourth-order valence-corrected chi connectivity index (χ4v) is 2.28. The number of carboxylic acids is 1. The van der Waals surface area contributed by atoms with Crippen LogP contribution in [0.25, 0.3) is 0 Å². The van der Waals surface area contributed by atoms with Crippen molar-refractivity contribution in [1.82, 2.24) is 15.5 Å². The Kier molecular flexibility index (Phi) is 5.60. The number of nitrogens with zero attached hydrogens (tertiary/aromatic N) is 1. The molecule has 1 fully saturated rings. The minimum atomic E-state index is -0.845. The molecule has 0 aromatic rings. The molecular formula is C13H25N3O3. The number of likely N-dealkylation sites (N-methyl/N-ethyl adjacent to an activating group) is 1. The number of carbonyl (C=O) groups is 2. The van der Waals surface area contributed by atoms with Crippen molar-refractivity contribution < 1.29 is 14.7 Å². The van der Waals surface area contributed by atoms with Gasteiger partial charge in [-0.25, -0.2) is 4.79 Å². The van der Waals surface area contributed by atoms with Gasteiger partial charge in [0.05, 0.1) is 0 Å². The highest BCUT2D eigenvalue weighted by Gasteiger charge is 2.24. The standard InChI is InChI=1S/C13H25N3O3/c1-13(2,7-6-11(17)18)15-12(19)14-9-10-5-4-8-16(10)3/h10H,4-9H2,1-3H3,(H,17,18)(H2,14,15,19). The van der Waals surface area contributed by atoms with E-state index >= 15 is 0 Å². The summed E-state index contributed by atoms with van der Waals surface area (Å²) < 4.78 is 0. The molecule has 1 aliphatic heterocycles. The Morgan fingerprint density at radius 3 is 2.63 bits per heavy atom. The minimum Gasteiger partial charge on any atom is -0.481 e. The number of urea groups is 1. The predicted octanol–water partition coefficient (Wildman–Crippen LogP) is 1.02. The van der Waals surface area contributed by atoms with Crippen LogP contribution in [0.1, 0.15) is 39.5 Å². The molecule has 1 aliphatic rings. The maximum atomic E-state index is 11.8. The number of nitrogens with one attached hydrogen (secondary N) is 2. The normalized spacial score (nSPS) is 20.3. The Bertz CT molecular complexity index is 331. The molecule has 1 atom stereocenters. The summed E-state index contributed by atoms with van der Waals surface area (Å²) in [5.41, 5.74) is -0.510. The van der Waals surface area contributed by atoms with E-state index in [0.717, 1.165) is 13.0 Å². The Labute approximate surface area is 114 Å². The molecule has 19 heavy (non-hydrogen) atoms. The van der Waals surface area contributed by atoms with Crippen LogP contribution >= 0.6 is 0 Å². The van der Waals surface area contributed by atoms with Gasteiger partial charge in [0.1, 0.15) is 0 Å². The summed E-state index contributed by atoms with van der Waals surface area (Å²) in [7, 11) is 2.06. The molecule has 6 heteroatoms. The van der Waals surface area contributed by atoms with Crippen molar-refractivity contribution >= 4 is 12.0 Å². The smallest absolute Gasteiger partial charge is 0.315 e. The second kappa shape index (κ2) is 6.75. The second-order valence-corrected chi connectivity index (χ2v) is 5.89. The zero-order valence-electron chi connectivity index (χ0n) is 12.0. The van der Waals surface area contributed by atoms with E-state index in [2.05, 4.69) is 22.6 Å². The molecule has 6 nitrogen and oxygen atoms in total. The average Bonchev–Trinajstić information content (AvgIpc) is 2.69. The van der Waals surface area contributed by atoms with Gasteiger partial charge in [0.2, 0.25) is 0 Å². The maximum absolute atomic E-state index is 11.8. The van der Waals surface area contributed by atoms with Crippen LogP contribution < -0.4 is 10.6 Å². The van der Waals surface area contributed by atoms with Crippen LogP contribution in [0, 0.1) is 0 Å². The Morgan fingerprint density at radius 2 is 2.11 bits per heavy atom. The zero-order valence-corrected chi connectivity index (χ0v) is 12.0. The minimum absolute atomic E-state index is 0.0542. The maximum Gasteiger partial charge on any atom is 0.315 e. The van der Waals surface area contributed by atoms with Crippen LogP contribution in [0.3, 0.4) is 0 Å². The Balaban J connectivity index is 2.27. The van der Waals surface area contributed by atoms with Crippen molar-refractivity contribution in [2.24, 2.45) is 0 Å². The van der Waals surface area contributed by atoms with Crippen LogP contribution in [-0.4, -0.2) is 53.7 Å². The first kappa shape index (κ1) is 15.8. The van der Waals surface area contributed by atoms with Gasteiger partial charge >= 0.3 is 12.0 Å². The fraction of sp³-hybridized carbons (Fsp3) is 0.846. The molecule has 0 spiro atoms. The van der Waals surface area contributed by atoms with Crippen molar-refractivity contribution in [2.45, 2.75) is 51.1 Å². The van der Waals surface area contributed by atoms with Gasteiger partial charge in [-0.15, -0.1) is 0 Å². The number of carbonyl (C=O) groups excluding carboxylic acids is 1. The highest BCUT2D eigenvalue weighted by molar-refractivity contribution is 5.75. The monoisotopic (exact) mass is 271 g/mol. The predicted molar refractivity (Wildman–Crippen MR) is 73.1 cm³/mol. The zero-order chi connectivity index (χ0) is 14.5. The molecule has 0 aromatic heterocycles. The third-order valence-electron chi connectivity index (χ3n) is 3.59. The van der Waals surface area contributed by atoms with Crippen LogP contribution in [0.4, 0.5) is 4.79 Å². The van der Waals surface area contributed by atoms with Crippen molar-refractivity contribution in [2.75, 3.05) is 20.1 Å². The van der Waals surface area contributed by atoms with Crippen LogP contribution in [0.15, 0.2) is 0 Å². The van der Waals surface area contributed by atoms with Crippen LogP contribution in [0.2, 0.25) is 0 Å². The summed E-state index contributed by atoms with van der Waals surface area (Å²) in [5, 5.41) is 14.3. The Morgan fingerprint density at radius 1 is 1.42 bits per heavy atom. The number of likely N-dealkylation sites (tertiary alicyclic amines) is 1. The van der Waals surface area contributed by atoms with Crippen LogP contribution in [-0.2, 0) is 4.79 Å². The van der Waals surface area contributed by atoms with Gasteiger partial charge in [0.25, 0.3) is 0 Å². The summed E-state index contributed by atoms with van der Waals surface area (Å²) in [6, 6.07) is 0.184. The van der Waals surface area contributed by atoms with Gasteiger partial charge in [0.15, 0.2) is 0 Å². The molecule has 1 unspecified atom stereocenters. The van der Waals surface area contributed by atoms with E-state index < -0.39 is 11.5 Å². The first-order chi connectivity index (χ1) is 8.80. The van der Waals surface area contributed by atoms with E-state index in [1.807, 2.05) is 13.8 Å². The molecule has 0 radical (unpaired) electrons. The summed E-state index contributed by atoms with van der Waals surface area (Å²) in [5.74, 6) is -0.845. The topological polar surface area (TPSA) is 81.7 Å². The van der Waals surface area contributed by atoms with Gasteiger partial charge in [-0.05, 0) is 46.7 Å². The van der Waals surface area contributed by atoms with Gasteiger partial charge in [0, 0.05) is 24.5 Å². The lowest BCUT2D eigenvalue weighted by Gasteiger charge is -2.27. The fourth-order valence-electron chi connectivity index (χ4n) is 2.28. The molecule has 1 heterocycles. The molecule has 110 valence electrons. The highest BCUT2D eigenvalue weighted by atomic mass is 16.4. The number of hydrogen-bond donors (Lipinski definition) is 3. The lowest BCUT2D eigenvalue weighted by molar-refractivity contribution is -0.137. The lowest BCUT2D eigenvalue weighted by Crippen LogP contribution is -2.50. The summed E-state index contributed by atoms with van der Waals surface area (Å²) in [6.45, 7) is 5.38. The average molecular weight is 271 g/mol. The first-order valence-corrected chi connectivity index (χ1v) is 6.78. The first-order valence-electron chi connectivity index (χ1n) is 6.78. The Hall–Kier alpha value is -1.30. The molecule has 0 bridgehead atoms. The molecule has 0 aromatic carbocycles. The van der Waals surface area contributed by atoms with Gasteiger partial charge < -0.3 is 20.6 Å². The van der Waals surface area contributed by atoms with Gasteiger partial charge in [-0.3, -0.25) is 4.79 Å². The van der Waals surface area contributed by atoms with Gasteiger partial charge in [-0.2, -0.15) is 0 Å². The van der Waals surface area contributed by atoms with Crippen molar-refractivity contribution in [1.29, 1.82) is 0 Å². The number of amides is 2. The molecule has 0 aliphatic carbocycles. The summed E-state index contributed by atoms with van der Waals surface area (Å²) in [6.07, 6.45) is 2.76. The van der Waals surface area contributed by atoms with E-state index in [-0.39, 0.29) is 12.5 Å². The number of carboxylic acid groups (broad SMARTS) is 1. The van der Waals surface area contributed by atoms with Gasteiger partial charge in [-0.1, -0.05) is 0 Å². The van der Waals surface area contributed by atoms with E-state index in [1.165, 1.54) is 6.42 Å². The van der Waals surface area contributed by atoms with Crippen LogP contribution in [0.5, 0.6) is 0 Å². The third kappa shape index (κ3) is 5.92. The lowest BCUT2D eigenvalue weighted by atomic mass is 9.99. The number of rotatable bonds is 6. The van der Waals surface area contributed by atoms with Crippen molar-refractivity contribution in [3.05, 3.63) is 0 Å². The number of hydrogen-bond acceptors (Lipinski definition) is 3. The summed E-state index contributed by atoms with van der Waals surface area (Å²) >= 11 is 0. The molecule has 1 rings (SSSR count). The molecule has 0 saturated carbocycles. The number of aliphatic carboxylic acids is 1. The van der Waals surface area contributed by atoms with E-state index in [9.17, 15) is 9.59 Å². The van der Waals surface area contributed by atoms with E-state index in [4.69, 9.17) is 5.11 Å². The molecule has 2 amide bonds. The van der Waals surface area contributed by atoms with E-state index in [1.54, 1.807) is 0 Å². The second-order valence-electron chi connectivity index (χ2n) is 5.89. The molecular weight excluding hydrogens is 246 g/mol. The SMILES string of the molecule is CN1CCCC1CNC(=O)NC(C)(C)CCC(=O)O. The van der Waals surface area contributed by atoms with Crippen molar-refractivity contribution in [3.8, 4) is 0 Å². The largest absolute Gasteiger partial charge is 0.481 e.